The fraction of sp³-hybridized carbons (Fsp3) is 0.444. The van der Waals surface area contributed by atoms with Crippen molar-refractivity contribution in [3.63, 3.8) is 0 Å². The van der Waals surface area contributed by atoms with Gasteiger partial charge in [-0.25, -0.2) is 4.98 Å². The molecule has 2 saturated heterocycles. The van der Waals surface area contributed by atoms with Gasteiger partial charge in [0.1, 0.15) is 13.2 Å². The van der Waals surface area contributed by atoms with E-state index < -0.39 is 35.7 Å². The normalized spacial score (nSPS) is 20.3. The van der Waals surface area contributed by atoms with Crippen LogP contribution in [0.5, 0.6) is 11.6 Å². The average Bonchev–Trinajstić information content (AvgIpc) is 3.49. The van der Waals surface area contributed by atoms with Gasteiger partial charge in [0, 0.05) is 50.6 Å². The van der Waals surface area contributed by atoms with Gasteiger partial charge in [0.05, 0.1) is 24.4 Å². The number of ether oxygens (including phenoxy) is 3. The van der Waals surface area contributed by atoms with Crippen molar-refractivity contribution < 1.29 is 45.3 Å². The number of aromatic nitrogens is 1. The molecule has 0 radical (unpaired) electrons. The predicted molar refractivity (Wildman–Crippen MR) is 177 cm³/mol. The van der Waals surface area contributed by atoms with E-state index in [0.717, 1.165) is 17.8 Å². The van der Waals surface area contributed by atoms with Crippen LogP contribution in [0, 0.1) is 0 Å². The van der Waals surface area contributed by atoms with E-state index in [-0.39, 0.29) is 23.6 Å². The highest BCUT2D eigenvalue weighted by atomic mass is 19.4. The molecule has 1 unspecified atom stereocenters. The van der Waals surface area contributed by atoms with Crippen LogP contribution in [0.4, 0.5) is 32.0 Å². The number of alkyl halides is 6. The Morgan fingerprint density at radius 2 is 1.67 bits per heavy atom. The lowest BCUT2D eigenvalue weighted by Gasteiger charge is -2.39. The molecule has 15 heteroatoms. The zero-order valence-corrected chi connectivity index (χ0v) is 28.2. The molecule has 0 bridgehead atoms. The molecule has 0 spiro atoms. The Labute approximate surface area is 291 Å². The average molecular weight is 720 g/mol. The molecule has 1 atom stereocenters. The monoisotopic (exact) mass is 719 g/mol. The highest BCUT2D eigenvalue weighted by Crippen LogP contribution is 2.54. The summed E-state index contributed by atoms with van der Waals surface area (Å²) in [5, 5.41) is 3.44. The number of nitrogens with zero attached hydrogens (tertiary/aromatic N) is 4. The number of allylic oxidation sites excluding steroid dienone is 1. The highest BCUT2D eigenvalue weighted by Gasteiger charge is 2.73. The van der Waals surface area contributed by atoms with Crippen LogP contribution in [0.1, 0.15) is 36.2 Å². The maximum Gasteiger partial charge on any atom is 0.430 e. The second kappa shape index (κ2) is 14.4. The van der Waals surface area contributed by atoms with Gasteiger partial charge in [-0.05, 0) is 49.2 Å². The summed E-state index contributed by atoms with van der Waals surface area (Å²) in [6.45, 7) is 6.08. The van der Waals surface area contributed by atoms with Crippen LogP contribution in [-0.2, 0) is 27.3 Å². The van der Waals surface area contributed by atoms with Crippen molar-refractivity contribution in [1.29, 1.82) is 0 Å². The molecule has 6 rings (SSSR count). The first kappa shape index (κ1) is 36.5. The standard InChI is InChI=1S/C36H39F6N5O4/c1-3-7-26-20-27(34(35(37,38)39,36(40,41)42)51-22-25-8-5-4-6-9-25)10-11-28(26)46-14-16-47(17-15-46)31(48)21-45-23-33(2,43-24-45)30-13-12-29-32(44-30)50-19-18-49-29/h3-13,20,43H,14-19,21-24H2,1-2H3. The summed E-state index contributed by atoms with van der Waals surface area (Å²) in [6, 6.07) is 14.1. The number of pyridine rings is 1. The number of rotatable bonds is 9. The Bertz CT molecular complexity index is 1720. The van der Waals surface area contributed by atoms with Crippen LogP contribution in [0.2, 0.25) is 0 Å². The van der Waals surface area contributed by atoms with Crippen LogP contribution >= 0.6 is 0 Å². The van der Waals surface area contributed by atoms with E-state index in [2.05, 4.69) is 10.3 Å². The minimum absolute atomic E-state index is 0.0874. The molecule has 4 heterocycles. The Kier molecular flexibility index (Phi) is 10.3. The van der Waals surface area contributed by atoms with Gasteiger partial charge in [-0.2, -0.15) is 26.3 Å². The lowest BCUT2D eigenvalue weighted by atomic mass is 9.89. The van der Waals surface area contributed by atoms with E-state index in [0.29, 0.717) is 69.9 Å². The van der Waals surface area contributed by atoms with Gasteiger partial charge in [0.2, 0.25) is 5.91 Å². The summed E-state index contributed by atoms with van der Waals surface area (Å²) < 4.78 is 103. The van der Waals surface area contributed by atoms with E-state index in [1.165, 1.54) is 36.4 Å². The summed E-state index contributed by atoms with van der Waals surface area (Å²) in [5.41, 5.74) is -4.59. The molecule has 1 aromatic heterocycles. The summed E-state index contributed by atoms with van der Waals surface area (Å²) in [6.07, 6.45) is -8.61. The molecule has 0 aliphatic carbocycles. The maximum absolute atomic E-state index is 14.6. The van der Waals surface area contributed by atoms with Crippen molar-refractivity contribution in [3.8, 4) is 11.6 Å². The largest absolute Gasteiger partial charge is 0.484 e. The Hall–Kier alpha value is -4.34. The molecule has 2 aromatic carbocycles. The van der Waals surface area contributed by atoms with Crippen LogP contribution in [0.25, 0.3) is 6.08 Å². The number of halogens is 6. The maximum atomic E-state index is 14.6. The molecular weight excluding hydrogens is 680 g/mol. The minimum Gasteiger partial charge on any atom is -0.484 e. The lowest BCUT2D eigenvalue weighted by molar-refractivity contribution is -0.392. The van der Waals surface area contributed by atoms with E-state index in [1.807, 2.05) is 28.9 Å². The molecule has 3 aromatic rings. The first-order chi connectivity index (χ1) is 24.2. The van der Waals surface area contributed by atoms with Crippen LogP contribution in [0.3, 0.4) is 0 Å². The Morgan fingerprint density at radius 3 is 2.35 bits per heavy atom. The first-order valence-corrected chi connectivity index (χ1v) is 16.6. The topological polar surface area (TPSA) is 79.4 Å². The predicted octanol–water partition coefficient (Wildman–Crippen LogP) is 5.85. The van der Waals surface area contributed by atoms with Gasteiger partial charge in [-0.15, -0.1) is 0 Å². The van der Waals surface area contributed by atoms with Gasteiger partial charge < -0.3 is 24.0 Å². The molecular formula is C36H39F6N5O4. The summed E-state index contributed by atoms with van der Waals surface area (Å²) in [7, 11) is 0. The summed E-state index contributed by atoms with van der Waals surface area (Å²) in [4.78, 5) is 23.6. The van der Waals surface area contributed by atoms with E-state index >= 15 is 0 Å². The van der Waals surface area contributed by atoms with Crippen LogP contribution < -0.4 is 19.7 Å². The fourth-order valence-electron chi connectivity index (χ4n) is 6.73. The SMILES string of the molecule is CC=Cc1cc(C(OCc2ccccc2)(C(F)(F)F)C(F)(F)F)ccc1N1CCN(C(=O)CN2CNC(C)(c3ccc4c(n3)OCCO4)C2)CC1. The number of amides is 1. The third-order valence-corrected chi connectivity index (χ3v) is 9.41. The van der Waals surface area contributed by atoms with Crippen molar-refractivity contribution in [1.82, 2.24) is 20.1 Å². The Balaban J connectivity index is 1.13. The number of hydrogen-bond acceptors (Lipinski definition) is 8. The number of piperazine rings is 1. The third kappa shape index (κ3) is 7.37. The fourth-order valence-corrected chi connectivity index (χ4v) is 6.73. The molecule has 9 nitrogen and oxygen atoms in total. The van der Waals surface area contributed by atoms with Gasteiger partial charge >= 0.3 is 12.4 Å². The van der Waals surface area contributed by atoms with Gasteiger partial charge in [0.25, 0.3) is 11.5 Å². The van der Waals surface area contributed by atoms with E-state index in [1.54, 1.807) is 24.0 Å². The van der Waals surface area contributed by atoms with E-state index in [4.69, 9.17) is 14.2 Å². The van der Waals surface area contributed by atoms with E-state index in [9.17, 15) is 31.1 Å². The number of benzene rings is 2. The smallest absolute Gasteiger partial charge is 0.430 e. The number of hydrogen-bond donors (Lipinski definition) is 1. The zero-order chi connectivity index (χ0) is 36.4. The summed E-state index contributed by atoms with van der Waals surface area (Å²) in [5.74, 6) is 0.948. The highest BCUT2D eigenvalue weighted by molar-refractivity contribution is 5.79. The number of carbonyl (C=O) groups is 1. The van der Waals surface area contributed by atoms with Gasteiger partial charge in [-0.3, -0.25) is 15.0 Å². The molecule has 0 saturated carbocycles. The molecule has 3 aliphatic heterocycles. The third-order valence-electron chi connectivity index (χ3n) is 9.41. The molecule has 1 amide bonds. The first-order valence-electron chi connectivity index (χ1n) is 16.6. The number of anilines is 1. The minimum atomic E-state index is -5.82. The van der Waals surface area contributed by atoms with Crippen molar-refractivity contribution in [2.75, 3.05) is 64.1 Å². The van der Waals surface area contributed by atoms with Gasteiger partial charge in [0.15, 0.2) is 5.75 Å². The molecule has 1 N–H and O–H groups in total. The Morgan fingerprint density at radius 1 is 0.961 bits per heavy atom. The summed E-state index contributed by atoms with van der Waals surface area (Å²) >= 11 is 0. The molecule has 2 fully saturated rings. The molecule has 274 valence electrons. The van der Waals surface area contributed by atoms with Crippen LogP contribution in [-0.4, -0.2) is 92.2 Å². The van der Waals surface area contributed by atoms with Crippen LogP contribution in [0.15, 0.2) is 66.7 Å². The second-order valence-corrected chi connectivity index (χ2v) is 12.9. The van der Waals surface area contributed by atoms with Crippen molar-refractivity contribution in [3.05, 3.63) is 89.1 Å². The lowest BCUT2D eigenvalue weighted by Crippen LogP contribution is -2.56. The number of carbonyl (C=O) groups excluding carboxylic acids is 1. The quantitative estimate of drug-likeness (QED) is 0.276. The molecule has 3 aliphatic rings. The number of fused-ring (bicyclic) bond motifs is 1. The number of nitrogens with one attached hydrogen (secondary N) is 1. The van der Waals surface area contributed by atoms with Crippen molar-refractivity contribution >= 4 is 17.7 Å². The second-order valence-electron chi connectivity index (χ2n) is 12.9. The zero-order valence-electron chi connectivity index (χ0n) is 28.2. The van der Waals surface area contributed by atoms with Gasteiger partial charge in [-0.1, -0.05) is 48.6 Å². The van der Waals surface area contributed by atoms with Crippen molar-refractivity contribution in [2.45, 2.75) is 43.9 Å². The van der Waals surface area contributed by atoms with Crippen molar-refractivity contribution in [2.24, 2.45) is 0 Å². The molecule has 51 heavy (non-hydrogen) atoms.